The van der Waals surface area contributed by atoms with Crippen molar-refractivity contribution in [3.63, 3.8) is 0 Å². The Hall–Kier alpha value is -3.08. The maximum atomic E-state index is 13.3. The molecule has 0 saturated carbocycles. The Bertz CT molecular complexity index is 1080. The van der Waals surface area contributed by atoms with Gasteiger partial charge in [-0.25, -0.2) is 4.79 Å². The highest BCUT2D eigenvalue weighted by Gasteiger charge is 2.24. The van der Waals surface area contributed by atoms with Gasteiger partial charge in [0.15, 0.2) is 11.9 Å². The Balaban J connectivity index is 2.24. The first-order valence-corrected chi connectivity index (χ1v) is 9.30. The zero-order chi connectivity index (χ0) is 20.4. The van der Waals surface area contributed by atoms with Gasteiger partial charge in [-0.1, -0.05) is 35.9 Å². The first kappa shape index (κ1) is 19.7. The second-order valence-corrected chi connectivity index (χ2v) is 6.92. The summed E-state index contributed by atoms with van der Waals surface area (Å²) in [5, 5.41) is 0.451. The first-order chi connectivity index (χ1) is 13.3. The zero-order valence-electron chi connectivity index (χ0n) is 16.8. The van der Waals surface area contributed by atoms with E-state index in [2.05, 4.69) is 0 Å². The molecule has 0 unspecified atom stereocenters. The van der Waals surface area contributed by atoms with Crippen molar-refractivity contribution >= 4 is 16.9 Å². The van der Waals surface area contributed by atoms with Crippen LogP contribution in [0, 0.1) is 20.8 Å². The van der Waals surface area contributed by atoms with E-state index in [1.807, 2.05) is 57.2 Å². The molecule has 0 radical (unpaired) electrons. The van der Waals surface area contributed by atoms with Gasteiger partial charge in [-0.2, -0.15) is 0 Å². The van der Waals surface area contributed by atoms with Crippen molar-refractivity contribution in [2.45, 2.75) is 40.7 Å². The average molecular weight is 380 g/mol. The standard InChI is InChI=1S/C23H24O5/c1-6-26-23(25)16(5)27-22-20(24)19-15(4)11-14(3)12-18(19)28-21(22)17-9-7-13(2)8-10-17/h7-12,16H,6H2,1-5H3/t16-/m0/s1. The molecule has 28 heavy (non-hydrogen) atoms. The molecule has 0 spiro atoms. The van der Waals surface area contributed by atoms with Crippen molar-refractivity contribution in [2.24, 2.45) is 0 Å². The van der Waals surface area contributed by atoms with E-state index in [0.717, 1.165) is 16.7 Å². The Morgan fingerprint density at radius 3 is 2.39 bits per heavy atom. The van der Waals surface area contributed by atoms with E-state index in [4.69, 9.17) is 13.9 Å². The topological polar surface area (TPSA) is 65.7 Å². The molecule has 1 heterocycles. The SMILES string of the molecule is CCOC(=O)[C@H](C)Oc1c(-c2ccc(C)cc2)oc2cc(C)cc(C)c2c1=O. The van der Waals surface area contributed by atoms with Gasteiger partial charge in [-0.3, -0.25) is 4.79 Å². The number of rotatable bonds is 5. The number of hydrogen-bond acceptors (Lipinski definition) is 5. The Labute approximate surface area is 163 Å². The lowest BCUT2D eigenvalue weighted by molar-refractivity contribution is -0.150. The van der Waals surface area contributed by atoms with Crippen LogP contribution < -0.4 is 10.2 Å². The van der Waals surface area contributed by atoms with E-state index in [-0.39, 0.29) is 17.8 Å². The smallest absolute Gasteiger partial charge is 0.347 e. The summed E-state index contributed by atoms with van der Waals surface area (Å²) in [7, 11) is 0. The predicted octanol–water partition coefficient (Wildman–Crippen LogP) is 4.72. The molecule has 5 nitrogen and oxygen atoms in total. The molecule has 0 amide bonds. The number of carbonyl (C=O) groups is 1. The molecule has 0 aliphatic heterocycles. The lowest BCUT2D eigenvalue weighted by Gasteiger charge is -2.16. The molecule has 0 saturated heterocycles. The van der Waals surface area contributed by atoms with E-state index in [0.29, 0.717) is 22.3 Å². The van der Waals surface area contributed by atoms with E-state index >= 15 is 0 Å². The summed E-state index contributed by atoms with van der Waals surface area (Å²) in [6.07, 6.45) is -0.935. The van der Waals surface area contributed by atoms with Crippen LogP contribution in [-0.2, 0) is 9.53 Å². The highest BCUT2D eigenvalue weighted by atomic mass is 16.6. The maximum absolute atomic E-state index is 13.3. The van der Waals surface area contributed by atoms with Crippen molar-refractivity contribution in [2.75, 3.05) is 6.61 Å². The van der Waals surface area contributed by atoms with Gasteiger partial charge in [-0.15, -0.1) is 0 Å². The molecule has 0 bridgehead atoms. The molecule has 1 atom stereocenters. The molecule has 3 rings (SSSR count). The summed E-state index contributed by atoms with van der Waals surface area (Å²) in [6.45, 7) is 9.30. The highest BCUT2D eigenvalue weighted by Crippen LogP contribution is 2.33. The van der Waals surface area contributed by atoms with Gasteiger partial charge in [0.05, 0.1) is 12.0 Å². The monoisotopic (exact) mass is 380 g/mol. The van der Waals surface area contributed by atoms with Crippen LogP contribution in [0.1, 0.15) is 30.5 Å². The molecule has 0 fully saturated rings. The molecular weight excluding hydrogens is 356 g/mol. The third kappa shape index (κ3) is 3.79. The van der Waals surface area contributed by atoms with E-state index in [1.165, 1.54) is 0 Å². The lowest BCUT2D eigenvalue weighted by Crippen LogP contribution is -2.28. The molecule has 146 valence electrons. The van der Waals surface area contributed by atoms with Gasteiger partial charge in [-0.05, 0) is 51.8 Å². The number of benzene rings is 2. The van der Waals surface area contributed by atoms with Gasteiger partial charge in [0.25, 0.3) is 0 Å². The van der Waals surface area contributed by atoms with Crippen molar-refractivity contribution in [1.82, 2.24) is 0 Å². The molecule has 2 aromatic carbocycles. The number of ether oxygens (including phenoxy) is 2. The van der Waals surface area contributed by atoms with Crippen LogP contribution in [0.5, 0.6) is 5.75 Å². The highest BCUT2D eigenvalue weighted by molar-refractivity contribution is 5.85. The predicted molar refractivity (Wildman–Crippen MR) is 109 cm³/mol. The maximum Gasteiger partial charge on any atom is 0.347 e. The van der Waals surface area contributed by atoms with Crippen molar-refractivity contribution in [3.8, 4) is 17.1 Å². The molecule has 1 aromatic heterocycles. The van der Waals surface area contributed by atoms with Gasteiger partial charge in [0.1, 0.15) is 5.58 Å². The van der Waals surface area contributed by atoms with Crippen molar-refractivity contribution in [1.29, 1.82) is 0 Å². The molecule has 0 N–H and O–H groups in total. The normalized spacial score (nSPS) is 12.0. The minimum absolute atomic E-state index is 0.0175. The molecule has 5 heteroatoms. The van der Waals surface area contributed by atoms with Crippen LogP contribution in [-0.4, -0.2) is 18.7 Å². The fourth-order valence-corrected chi connectivity index (χ4v) is 3.16. The molecule has 0 aliphatic rings. The Morgan fingerprint density at radius 1 is 1.07 bits per heavy atom. The molecule has 0 aliphatic carbocycles. The fourth-order valence-electron chi connectivity index (χ4n) is 3.16. The number of esters is 1. The minimum Gasteiger partial charge on any atom is -0.471 e. The summed E-state index contributed by atoms with van der Waals surface area (Å²) >= 11 is 0. The summed E-state index contributed by atoms with van der Waals surface area (Å²) < 4.78 is 16.9. The zero-order valence-corrected chi connectivity index (χ0v) is 16.8. The second kappa shape index (κ2) is 7.89. The van der Waals surface area contributed by atoms with Crippen LogP contribution in [0.2, 0.25) is 0 Å². The van der Waals surface area contributed by atoms with Gasteiger partial charge < -0.3 is 13.9 Å². The summed E-state index contributed by atoms with van der Waals surface area (Å²) in [6, 6.07) is 11.3. The number of fused-ring (bicyclic) bond motifs is 1. The van der Waals surface area contributed by atoms with Crippen LogP contribution in [0.3, 0.4) is 0 Å². The first-order valence-electron chi connectivity index (χ1n) is 9.30. The van der Waals surface area contributed by atoms with Gasteiger partial charge >= 0.3 is 5.97 Å². The summed E-state index contributed by atoms with van der Waals surface area (Å²) in [5.41, 5.74) is 3.78. The van der Waals surface area contributed by atoms with Crippen LogP contribution >= 0.6 is 0 Å². The largest absolute Gasteiger partial charge is 0.471 e. The van der Waals surface area contributed by atoms with E-state index < -0.39 is 12.1 Å². The average Bonchev–Trinajstić information content (AvgIpc) is 2.64. The van der Waals surface area contributed by atoms with Gasteiger partial charge in [0, 0.05) is 5.56 Å². The van der Waals surface area contributed by atoms with Crippen LogP contribution in [0.15, 0.2) is 45.6 Å². The Kier molecular flexibility index (Phi) is 5.54. The summed E-state index contributed by atoms with van der Waals surface area (Å²) in [5.74, 6) is -0.208. The molecule has 3 aromatic rings. The second-order valence-electron chi connectivity index (χ2n) is 6.92. The number of hydrogen-bond donors (Lipinski definition) is 0. The third-order valence-corrected chi connectivity index (χ3v) is 4.52. The van der Waals surface area contributed by atoms with Gasteiger partial charge in [0.2, 0.25) is 11.2 Å². The number of aryl methyl sites for hydroxylation is 3. The van der Waals surface area contributed by atoms with E-state index in [1.54, 1.807) is 13.8 Å². The van der Waals surface area contributed by atoms with Crippen molar-refractivity contribution in [3.05, 3.63) is 63.3 Å². The molecular formula is C23H24O5. The van der Waals surface area contributed by atoms with Crippen LogP contribution in [0.25, 0.3) is 22.3 Å². The number of carbonyl (C=O) groups excluding carboxylic acids is 1. The third-order valence-electron chi connectivity index (χ3n) is 4.52. The fraction of sp³-hybridized carbons (Fsp3) is 0.304. The quantitative estimate of drug-likeness (QED) is 0.600. The minimum atomic E-state index is -0.935. The Morgan fingerprint density at radius 2 is 1.75 bits per heavy atom. The summed E-state index contributed by atoms with van der Waals surface area (Å²) in [4.78, 5) is 25.3. The van der Waals surface area contributed by atoms with E-state index in [9.17, 15) is 9.59 Å². The van der Waals surface area contributed by atoms with Crippen LogP contribution in [0.4, 0.5) is 0 Å². The lowest BCUT2D eigenvalue weighted by atomic mass is 10.0. The van der Waals surface area contributed by atoms with Crippen molar-refractivity contribution < 1.29 is 18.7 Å².